The molecule has 1 aliphatic heterocycles. The molecule has 0 fully saturated rings. The molecule has 0 radical (unpaired) electrons. The maximum Gasteiger partial charge on any atom is 0.0773 e. The molecule has 2 aromatic heterocycles. The summed E-state index contributed by atoms with van der Waals surface area (Å²) < 4.78 is 2.51. The normalized spacial score (nSPS) is 16.9. The molecule has 0 saturated carbocycles. The van der Waals surface area contributed by atoms with Crippen molar-refractivity contribution in [1.29, 1.82) is 0 Å². The van der Waals surface area contributed by atoms with Crippen LogP contribution < -0.4 is 0 Å². The van der Waals surface area contributed by atoms with Crippen molar-refractivity contribution in [3.63, 3.8) is 0 Å². The summed E-state index contributed by atoms with van der Waals surface area (Å²) in [5, 5.41) is 0. The quantitative estimate of drug-likeness (QED) is 0.508. The lowest BCUT2D eigenvalue weighted by molar-refractivity contribution is 1.20. The minimum atomic E-state index is 1.05. The lowest BCUT2D eigenvalue weighted by Crippen LogP contribution is -1.96. The van der Waals surface area contributed by atoms with Gasteiger partial charge in [0.25, 0.3) is 0 Å². The van der Waals surface area contributed by atoms with Crippen LogP contribution in [0.2, 0.25) is 0 Å². The van der Waals surface area contributed by atoms with Gasteiger partial charge >= 0.3 is 0 Å². The summed E-state index contributed by atoms with van der Waals surface area (Å²) in [7, 11) is 0. The molecule has 0 bridgehead atoms. The molecule has 0 amide bonds. The molecule has 3 heterocycles. The smallest absolute Gasteiger partial charge is 0.0773 e. The van der Waals surface area contributed by atoms with E-state index >= 15 is 0 Å². The predicted molar refractivity (Wildman–Crippen MR) is 113 cm³/mol. The Kier molecular flexibility index (Phi) is 4.78. The zero-order chi connectivity index (χ0) is 16.7. The molecular weight excluding hydrogens is 512 g/mol. The largest absolute Gasteiger partial charge is 0.357 e. The molecule has 1 N–H and O–H groups in total. The average molecular weight is 529 g/mol. The molecule has 0 spiro atoms. The van der Waals surface area contributed by atoms with Crippen LogP contribution in [0.1, 0.15) is 36.4 Å². The summed E-state index contributed by atoms with van der Waals surface area (Å²) in [6.07, 6.45) is 3.67. The second-order valence-electron chi connectivity index (χ2n) is 5.66. The number of nitrogens with zero attached hydrogens (tertiary/aromatic N) is 2. The van der Waals surface area contributed by atoms with Crippen molar-refractivity contribution in [1.82, 2.24) is 9.97 Å². The number of aromatic amines is 1. The lowest BCUT2D eigenvalue weighted by Gasteiger charge is -2.12. The zero-order valence-electron chi connectivity index (χ0n) is 13.5. The van der Waals surface area contributed by atoms with Crippen molar-refractivity contribution in [2.75, 3.05) is 0 Å². The number of H-pyrrole nitrogens is 1. The Balaban J connectivity index is 2.36. The topological polar surface area (TPSA) is 41.0 Å². The molecule has 0 aromatic carbocycles. The minimum Gasteiger partial charge on any atom is -0.357 e. The van der Waals surface area contributed by atoms with Gasteiger partial charge in [-0.2, -0.15) is 0 Å². The number of hydrogen-bond donors (Lipinski definition) is 1. The van der Waals surface area contributed by atoms with Crippen molar-refractivity contribution >= 4 is 56.5 Å². The van der Waals surface area contributed by atoms with E-state index in [1.165, 1.54) is 24.0 Å². The van der Waals surface area contributed by atoms with E-state index in [1.807, 2.05) is 24.5 Å². The van der Waals surface area contributed by atoms with Crippen LogP contribution >= 0.6 is 45.2 Å². The summed E-state index contributed by atoms with van der Waals surface area (Å²) >= 11 is 4.79. The van der Waals surface area contributed by atoms with Gasteiger partial charge in [0.1, 0.15) is 0 Å². The molecule has 0 atom stereocenters. The number of halogens is 2. The SMILES string of the molecule is CC1=N/C(=C(/c2ccncc2)c2[nH]c(C)c(I)c2C)C(C)=C1I. The van der Waals surface area contributed by atoms with E-state index in [2.05, 4.69) is 82.8 Å². The molecule has 0 unspecified atom stereocenters. The highest BCUT2D eigenvalue weighted by Crippen LogP contribution is 2.39. The van der Waals surface area contributed by atoms with Gasteiger partial charge in [0.15, 0.2) is 0 Å². The molecule has 3 nitrogen and oxygen atoms in total. The third-order valence-corrected chi connectivity index (χ3v) is 7.29. The van der Waals surface area contributed by atoms with Gasteiger partial charge in [0.2, 0.25) is 0 Å². The molecule has 118 valence electrons. The number of hydrogen-bond acceptors (Lipinski definition) is 2. The Morgan fingerprint density at radius 2 is 1.70 bits per heavy atom. The van der Waals surface area contributed by atoms with Crippen LogP contribution in [0.3, 0.4) is 0 Å². The van der Waals surface area contributed by atoms with Gasteiger partial charge in [-0.1, -0.05) is 0 Å². The van der Waals surface area contributed by atoms with E-state index in [-0.39, 0.29) is 0 Å². The second kappa shape index (κ2) is 6.51. The van der Waals surface area contributed by atoms with E-state index in [0.717, 1.165) is 28.2 Å². The molecular formula is C18H17I2N3. The molecule has 2 aromatic rings. The van der Waals surface area contributed by atoms with Gasteiger partial charge in [0, 0.05) is 30.8 Å². The number of nitrogens with one attached hydrogen (secondary N) is 1. The molecule has 5 heteroatoms. The van der Waals surface area contributed by atoms with Gasteiger partial charge in [0.05, 0.1) is 17.1 Å². The van der Waals surface area contributed by atoms with Gasteiger partial charge < -0.3 is 4.98 Å². The van der Waals surface area contributed by atoms with Crippen molar-refractivity contribution in [2.24, 2.45) is 4.99 Å². The molecule has 0 saturated heterocycles. The molecule has 0 aliphatic carbocycles. The van der Waals surface area contributed by atoms with Gasteiger partial charge in [-0.25, -0.2) is 0 Å². The van der Waals surface area contributed by atoms with Crippen molar-refractivity contribution in [3.05, 3.63) is 65.5 Å². The average Bonchev–Trinajstić information content (AvgIpc) is 2.95. The number of allylic oxidation sites excluding steroid dienone is 2. The summed E-state index contributed by atoms with van der Waals surface area (Å²) in [4.78, 5) is 12.6. The van der Waals surface area contributed by atoms with Crippen LogP contribution in [0.25, 0.3) is 5.57 Å². The van der Waals surface area contributed by atoms with Gasteiger partial charge in [-0.15, -0.1) is 0 Å². The van der Waals surface area contributed by atoms with E-state index in [1.54, 1.807) is 0 Å². The fourth-order valence-corrected chi connectivity index (χ4v) is 3.60. The molecule has 1 aliphatic rings. The van der Waals surface area contributed by atoms with E-state index in [4.69, 9.17) is 4.99 Å². The second-order valence-corrected chi connectivity index (χ2v) is 7.82. The predicted octanol–water partition coefficient (Wildman–Crippen LogP) is 5.57. The third kappa shape index (κ3) is 2.93. The van der Waals surface area contributed by atoms with Gasteiger partial charge in [-0.3, -0.25) is 9.98 Å². The van der Waals surface area contributed by atoms with Crippen molar-refractivity contribution in [3.8, 4) is 0 Å². The monoisotopic (exact) mass is 529 g/mol. The van der Waals surface area contributed by atoms with Crippen LogP contribution in [0.5, 0.6) is 0 Å². The highest BCUT2D eigenvalue weighted by Gasteiger charge is 2.24. The summed E-state index contributed by atoms with van der Waals surface area (Å²) in [6.45, 7) is 8.49. The lowest BCUT2D eigenvalue weighted by atomic mass is 9.97. The number of pyridine rings is 1. The van der Waals surface area contributed by atoms with Gasteiger partial charge in [-0.05, 0) is 102 Å². The first-order chi connectivity index (χ1) is 10.9. The maximum absolute atomic E-state index is 4.86. The number of rotatable bonds is 2. The van der Waals surface area contributed by atoms with Crippen LogP contribution in [-0.4, -0.2) is 15.7 Å². The number of aromatic nitrogens is 2. The highest BCUT2D eigenvalue weighted by molar-refractivity contribution is 14.1. The maximum atomic E-state index is 4.86. The summed E-state index contributed by atoms with van der Waals surface area (Å²) in [6, 6.07) is 4.10. The summed E-state index contributed by atoms with van der Waals surface area (Å²) in [5.41, 5.74) is 9.27. The van der Waals surface area contributed by atoms with Crippen LogP contribution in [0.4, 0.5) is 0 Å². The standard InChI is InChI=1S/C18H17I2N3/c1-9-15(19)11(3)22-17(9)14(13-5-7-21-8-6-13)18-10(2)16(20)12(4)23-18/h5-8,22H,1-4H3/b18-14-. The van der Waals surface area contributed by atoms with Crippen LogP contribution in [0.15, 0.2) is 44.4 Å². The first-order valence-electron chi connectivity index (χ1n) is 7.34. The first kappa shape index (κ1) is 16.9. The molecule has 3 rings (SSSR count). The van der Waals surface area contributed by atoms with E-state index in [0.29, 0.717) is 0 Å². The van der Waals surface area contributed by atoms with Crippen LogP contribution in [0, 0.1) is 17.4 Å². The Morgan fingerprint density at radius 3 is 2.17 bits per heavy atom. The highest BCUT2D eigenvalue weighted by atomic mass is 127. The Hall–Kier alpha value is -0.960. The number of aryl methyl sites for hydroxylation is 1. The van der Waals surface area contributed by atoms with Crippen LogP contribution in [-0.2, 0) is 0 Å². The first-order valence-corrected chi connectivity index (χ1v) is 9.49. The minimum absolute atomic E-state index is 1.05. The van der Waals surface area contributed by atoms with Crippen molar-refractivity contribution < 1.29 is 0 Å². The Labute approximate surface area is 163 Å². The van der Waals surface area contributed by atoms with E-state index < -0.39 is 0 Å². The molecule has 23 heavy (non-hydrogen) atoms. The van der Waals surface area contributed by atoms with E-state index in [9.17, 15) is 0 Å². The fraction of sp³-hybridized carbons (Fsp3) is 0.222. The zero-order valence-corrected chi connectivity index (χ0v) is 17.8. The summed E-state index contributed by atoms with van der Waals surface area (Å²) in [5.74, 6) is 0. The number of aliphatic imine (C=N–C) groups is 1. The third-order valence-electron chi connectivity index (χ3n) is 4.08. The Morgan fingerprint density at radius 1 is 1.04 bits per heavy atom. The Bertz CT molecular complexity index is 871. The fourth-order valence-electron chi connectivity index (χ4n) is 2.81. The van der Waals surface area contributed by atoms with Crippen molar-refractivity contribution in [2.45, 2.75) is 27.7 Å².